The van der Waals surface area contributed by atoms with Crippen LogP contribution in [-0.4, -0.2) is 26.5 Å². The van der Waals surface area contributed by atoms with Crippen molar-refractivity contribution in [3.63, 3.8) is 0 Å². The van der Waals surface area contributed by atoms with Crippen molar-refractivity contribution < 1.29 is 4.74 Å². The summed E-state index contributed by atoms with van der Waals surface area (Å²) in [6, 6.07) is 0. The molecule has 60 valence electrons. The molecular formula is C7H16OSSi. The molecule has 2 unspecified atom stereocenters. The molecule has 1 heterocycles. The molecule has 2 atom stereocenters. The van der Waals surface area contributed by atoms with E-state index in [1.807, 2.05) is 0 Å². The van der Waals surface area contributed by atoms with E-state index in [0.717, 1.165) is 12.0 Å². The molecule has 1 fully saturated rings. The standard InChI is InChI=1S/C7H16OSSi/c1-10(6-9)7-4-2-3-5-8-7/h7,9-10H,2-6H2,1H3. The fourth-order valence-electron chi connectivity index (χ4n) is 1.33. The smallest absolute Gasteiger partial charge is 0.0786 e. The first-order valence-electron chi connectivity index (χ1n) is 4.07. The Morgan fingerprint density at radius 2 is 2.40 bits per heavy atom. The molecule has 0 radical (unpaired) electrons. The summed E-state index contributed by atoms with van der Waals surface area (Å²) in [5, 5.41) is 1.09. The van der Waals surface area contributed by atoms with E-state index in [2.05, 4.69) is 19.2 Å². The van der Waals surface area contributed by atoms with Crippen LogP contribution >= 0.6 is 12.6 Å². The van der Waals surface area contributed by atoms with Gasteiger partial charge in [0.15, 0.2) is 0 Å². The molecule has 0 saturated carbocycles. The number of ether oxygens (including phenoxy) is 1. The number of thiol groups is 1. The summed E-state index contributed by atoms with van der Waals surface area (Å²) in [5.74, 6) is 0. The monoisotopic (exact) mass is 176 g/mol. The van der Waals surface area contributed by atoms with Crippen molar-refractivity contribution in [3.05, 3.63) is 0 Å². The van der Waals surface area contributed by atoms with Gasteiger partial charge in [-0.15, -0.1) is 0 Å². The molecule has 0 aromatic carbocycles. The number of hydrogen-bond acceptors (Lipinski definition) is 2. The highest BCUT2D eigenvalue weighted by Crippen LogP contribution is 2.15. The molecule has 0 aromatic rings. The highest BCUT2D eigenvalue weighted by molar-refractivity contribution is 7.82. The Morgan fingerprint density at radius 1 is 1.60 bits per heavy atom. The van der Waals surface area contributed by atoms with Crippen molar-refractivity contribution in [2.45, 2.75) is 31.5 Å². The third kappa shape index (κ3) is 2.29. The summed E-state index contributed by atoms with van der Waals surface area (Å²) in [6.45, 7) is 3.35. The summed E-state index contributed by atoms with van der Waals surface area (Å²) < 4.78 is 5.64. The quantitative estimate of drug-likeness (QED) is 0.494. The summed E-state index contributed by atoms with van der Waals surface area (Å²) in [6.07, 6.45) is 3.94. The van der Waals surface area contributed by atoms with Crippen LogP contribution in [0.4, 0.5) is 0 Å². The zero-order valence-corrected chi connectivity index (χ0v) is 8.59. The second-order valence-electron chi connectivity index (χ2n) is 3.06. The predicted molar refractivity (Wildman–Crippen MR) is 50.5 cm³/mol. The van der Waals surface area contributed by atoms with Crippen LogP contribution in [-0.2, 0) is 4.74 Å². The molecule has 10 heavy (non-hydrogen) atoms. The molecule has 0 aliphatic carbocycles. The minimum atomic E-state index is -0.621. The zero-order valence-electron chi connectivity index (χ0n) is 6.55. The van der Waals surface area contributed by atoms with E-state index < -0.39 is 8.80 Å². The fourth-order valence-corrected chi connectivity index (χ4v) is 3.54. The molecule has 1 nitrogen and oxygen atoms in total. The normalized spacial score (nSPS) is 30.0. The van der Waals surface area contributed by atoms with Crippen LogP contribution in [0, 0.1) is 0 Å². The summed E-state index contributed by atoms with van der Waals surface area (Å²) in [4.78, 5) is 0. The average Bonchev–Trinajstić information content (AvgIpc) is 2.05. The molecular weight excluding hydrogens is 160 g/mol. The first-order chi connectivity index (χ1) is 4.84. The molecule has 0 aromatic heterocycles. The molecule has 3 heteroatoms. The lowest BCUT2D eigenvalue weighted by Gasteiger charge is -2.26. The molecule has 0 spiro atoms. The van der Waals surface area contributed by atoms with Gasteiger partial charge in [-0.2, -0.15) is 12.6 Å². The van der Waals surface area contributed by atoms with Crippen LogP contribution in [0.25, 0.3) is 0 Å². The van der Waals surface area contributed by atoms with Gasteiger partial charge < -0.3 is 4.74 Å². The highest BCUT2D eigenvalue weighted by atomic mass is 32.1. The maximum atomic E-state index is 5.64. The minimum absolute atomic E-state index is 0.621. The first kappa shape index (κ1) is 8.62. The molecule has 1 aliphatic rings. The van der Waals surface area contributed by atoms with E-state index in [1.165, 1.54) is 19.3 Å². The third-order valence-electron chi connectivity index (χ3n) is 2.14. The van der Waals surface area contributed by atoms with Gasteiger partial charge in [0, 0.05) is 12.3 Å². The van der Waals surface area contributed by atoms with Crippen molar-refractivity contribution in [1.29, 1.82) is 0 Å². The maximum absolute atomic E-state index is 5.64. The van der Waals surface area contributed by atoms with Crippen molar-refractivity contribution >= 4 is 21.4 Å². The Balaban J connectivity index is 2.24. The molecule has 1 saturated heterocycles. The minimum Gasteiger partial charge on any atom is -0.382 e. The third-order valence-corrected chi connectivity index (χ3v) is 6.24. The SMILES string of the molecule is C[SiH](CS)C1CCCCO1. The lowest BCUT2D eigenvalue weighted by Crippen LogP contribution is -2.35. The Hall–Kier alpha value is 0.527. The van der Waals surface area contributed by atoms with Crippen LogP contribution in [0.15, 0.2) is 0 Å². The molecule has 1 rings (SSSR count). The second-order valence-corrected chi connectivity index (χ2v) is 7.22. The largest absolute Gasteiger partial charge is 0.382 e. The van der Waals surface area contributed by atoms with Gasteiger partial charge in [0.05, 0.1) is 8.80 Å². The van der Waals surface area contributed by atoms with Gasteiger partial charge in [-0.3, -0.25) is 0 Å². The van der Waals surface area contributed by atoms with Crippen LogP contribution in [0.2, 0.25) is 6.55 Å². The zero-order chi connectivity index (χ0) is 7.40. The van der Waals surface area contributed by atoms with Crippen molar-refractivity contribution in [1.82, 2.24) is 0 Å². The Bertz CT molecular complexity index is 93.6. The highest BCUT2D eigenvalue weighted by Gasteiger charge is 2.20. The molecule has 1 aliphatic heterocycles. The summed E-state index contributed by atoms with van der Waals surface area (Å²) in [5.41, 5.74) is 0.631. The van der Waals surface area contributed by atoms with Gasteiger partial charge in [-0.25, -0.2) is 0 Å². The number of rotatable bonds is 2. The van der Waals surface area contributed by atoms with Crippen molar-refractivity contribution in [2.24, 2.45) is 0 Å². The molecule has 0 bridgehead atoms. The average molecular weight is 176 g/mol. The molecule has 0 amide bonds. The van der Waals surface area contributed by atoms with Crippen molar-refractivity contribution in [2.75, 3.05) is 12.0 Å². The van der Waals surface area contributed by atoms with Gasteiger partial charge >= 0.3 is 0 Å². The van der Waals surface area contributed by atoms with E-state index in [-0.39, 0.29) is 0 Å². The first-order valence-corrected chi connectivity index (χ1v) is 7.34. The molecule has 0 N–H and O–H groups in total. The number of hydrogen-bond donors (Lipinski definition) is 1. The Kier molecular flexibility index (Phi) is 3.81. The van der Waals surface area contributed by atoms with Gasteiger partial charge in [0.1, 0.15) is 0 Å². The summed E-state index contributed by atoms with van der Waals surface area (Å²) in [7, 11) is -0.621. The lowest BCUT2D eigenvalue weighted by molar-refractivity contribution is 0.0631. The Morgan fingerprint density at radius 3 is 2.90 bits per heavy atom. The second kappa shape index (κ2) is 4.41. The van der Waals surface area contributed by atoms with E-state index >= 15 is 0 Å². The van der Waals surface area contributed by atoms with Gasteiger partial charge in [-0.1, -0.05) is 6.55 Å². The fraction of sp³-hybridized carbons (Fsp3) is 1.00. The lowest BCUT2D eigenvalue weighted by atomic mass is 10.2. The van der Waals surface area contributed by atoms with Gasteiger partial charge in [0.25, 0.3) is 0 Å². The van der Waals surface area contributed by atoms with Gasteiger partial charge in [-0.05, 0) is 24.6 Å². The maximum Gasteiger partial charge on any atom is 0.0786 e. The van der Waals surface area contributed by atoms with E-state index in [0.29, 0.717) is 5.73 Å². The topological polar surface area (TPSA) is 9.23 Å². The van der Waals surface area contributed by atoms with E-state index in [1.54, 1.807) is 0 Å². The summed E-state index contributed by atoms with van der Waals surface area (Å²) >= 11 is 4.31. The Labute approximate surface area is 70.2 Å². The van der Waals surface area contributed by atoms with Crippen LogP contribution in [0.3, 0.4) is 0 Å². The predicted octanol–water partition coefficient (Wildman–Crippen LogP) is 1.42. The van der Waals surface area contributed by atoms with Crippen LogP contribution in [0.5, 0.6) is 0 Å². The van der Waals surface area contributed by atoms with Gasteiger partial charge in [0.2, 0.25) is 0 Å². The van der Waals surface area contributed by atoms with Crippen LogP contribution < -0.4 is 0 Å². The van der Waals surface area contributed by atoms with Crippen molar-refractivity contribution in [3.8, 4) is 0 Å². The van der Waals surface area contributed by atoms with E-state index in [9.17, 15) is 0 Å². The van der Waals surface area contributed by atoms with E-state index in [4.69, 9.17) is 4.74 Å². The van der Waals surface area contributed by atoms with Crippen LogP contribution in [0.1, 0.15) is 19.3 Å².